The van der Waals surface area contributed by atoms with E-state index in [0.717, 1.165) is 10.2 Å². The summed E-state index contributed by atoms with van der Waals surface area (Å²) >= 11 is 5.21. The fourth-order valence-corrected chi connectivity index (χ4v) is 3.18. The van der Waals surface area contributed by atoms with Crippen LogP contribution in [0.4, 0.5) is 5.69 Å². The van der Waals surface area contributed by atoms with Crippen LogP contribution >= 0.6 is 27.3 Å². The lowest BCUT2D eigenvalue weighted by Gasteiger charge is -2.05. The van der Waals surface area contributed by atoms with Gasteiger partial charge in [0.1, 0.15) is 12.1 Å². The third-order valence-corrected chi connectivity index (χ3v) is 4.77. The van der Waals surface area contributed by atoms with Crippen molar-refractivity contribution < 1.29 is 0 Å². The highest BCUT2D eigenvalue weighted by Crippen LogP contribution is 2.27. The van der Waals surface area contributed by atoms with E-state index in [-0.39, 0.29) is 0 Å². The van der Waals surface area contributed by atoms with Gasteiger partial charge in [-0.05, 0) is 47.1 Å². The number of nitrogens with one attached hydrogen (secondary N) is 1. The Morgan fingerprint density at radius 1 is 1.21 bits per heavy atom. The maximum atomic E-state index is 8.97. The molecule has 1 heterocycles. The summed E-state index contributed by atoms with van der Waals surface area (Å²) in [7, 11) is 0. The number of nitrogens with zero attached hydrogens (tertiary/aromatic N) is 2. The zero-order valence-electron chi connectivity index (χ0n) is 10.2. The van der Waals surface area contributed by atoms with E-state index < -0.39 is 0 Å². The van der Waals surface area contributed by atoms with E-state index in [1.165, 1.54) is 9.75 Å². The molecule has 0 saturated heterocycles. The molecule has 0 aliphatic heterocycles. The molecule has 1 N–H and O–H groups in total. The number of hydrogen-bond acceptors (Lipinski definition) is 4. The van der Waals surface area contributed by atoms with Gasteiger partial charge >= 0.3 is 0 Å². The molecule has 1 aromatic heterocycles. The van der Waals surface area contributed by atoms with E-state index >= 15 is 0 Å². The number of nitriles is 2. The van der Waals surface area contributed by atoms with Gasteiger partial charge in [-0.25, -0.2) is 0 Å². The van der Waals surface area contributed by atoms with Crippen molar-refractivity contribution in [3.8, 4) is 12.1 Å². The first kappa shape index (κ1) is 13.6. The average Bonchev–Trinajstić information content (AvgIpc) is 2.75. The van der Waals surface area contributed by atoms with Crippen LogP contribution in [-0.2, 0) is 6.54 Å². The molecule has 0 fully saturated rings. The Morgan fingerprint density at radius 3 is 2.53 bits per heavy atom. The molecule has 0 bridgehead atoms. The molecule has 2 aromatic rings. The summed E-state index contributed by atoms with van der Waals surface area (Å²) in [5.74, 6) is 0. The average molecular weight is 332 g/mol. The van der Waals surface area contributed by atoms with Crippen molar-refractivity contribution in [2.24, 2.45) is 0 Å². The number of halogens is 1. The molecule has 0 spiro atoms. The Hall–Kier alpha value is -1.82. The molecule has 94 valence electrons. The quantitative estimate of drug-likeness (QED) is 0.917. The Morgan fingerprint density at radius 2 is 1.95 bits per heavy atom. The minimum Gasteiger partial charge on any atom is -0.380 e. The fraction of sp³-hybridized carbons (Fsp3) is 0.143. The number of aryl methyl sites for hydroxylation is 1. The van der Waals surface area contributed by atoms with Gasteiger partial charge in [-0.15, -0.1) is 11.3 Å². The Kier molecular flexibility index (Phi) is 4.21. The van der Waals surface area contributed by atoms with Crippen molar-refractivity contribution in [2.45, 2.75) is 13.5 Å². The zero-order valence-corrected chi connectivity index (χ0v) is 12.6. The van der Waals surface area contributed by atoms with Gasteiger partial charge in [0.15, 0.2) is 0 Å². The summed E-state index contributed by atoms with van der Waals surface area (Å²) in [4.78, 5) is 2.46. The van der Waals surface area contributed by atoms with E-state index in [2.05, 4.69) is 34.2 Å². The first-order chi connectivity index (χ1) is 9.13. The Labute approximate surface area is 124 Å². The van der Waals surface area contributed by atoms with E-state index in [1.807, 2.05) is 18.2 Å². The monoisotopic (exact) mass is 331 g/mol. The highest BCUT2D eigenvalue weighted by atomic mass is 79.9. The molecule has 1 aromatic carbocycles. The normalized spacial score (nSPS) is 9.68. The molecule has 0 unspecified atom stereocenters. The number of anilines is 1. The third-order valence-electron chi connectivity index (χ3n) is 2.64. The van der Waals surface area contributed by atoms with Crippen LogP contribution in [0.3, 0.4) is 0 Å². The van der Waals surface area contributed by atoms with Gasteiger partial charge in [0, 0.05) is 26.5 Å². The van der Waals surface area contributed by atoms with Gasteiger partial charge in [-0.1, -0.05) is 0 Å². The minimum atomic E-state index is 0.399. The van der Waals surface area contributed by atoms with Crippen molar-refractivity contribution in [1.82, 2.24) is 0 Å². The van der Waals surface area contributed by atoms with Crippen LogP contribution in [0.5, 0.6) is 0 Å². The first-order valence-electron chi connectivity index (χ1n) is 5.57. The summed E-state index contributed by atoms with van der Waals surface area (Å²) in [6.07, 6.45) is 0. The topological polar surface area (TPSA) is 59.6 Å². The molecule has 19 heavy (non-hydrogen) atoms. The highest BCUT2D eigenvalue weighted by molar-refractivity contribution is 9.10. The molecule has 2 rings (SSSR count). The molecule has 3 nitrogen and oxygen atoms in total. The van der Waals surface area contributed by atoms with Crippen LogP contribution in [0.15, 0.2) is 28.7 Å². The predicted octanol–water partition coefficient (Wildman–Crippen LogP) is 4.17. The number of thiophene rings is 1. The van der Waals surface area contributed by atoms with Crippen molar-refractivity contribution in [3.05, 3.63) is 49.6 Å². The summed E-state index contributed by atoms with van der Waals surface area (Å²) in [6.45, 7) is 2.77. The van der Waals surface area contributed by atoms with Crippen LogP contribution in [0.1, 0.15) is 20.9 Å². The second-order valence-corrected chi connectivity index (χ2v) is 6.15. The number of benzene rings is 1. The lowest BCUT2D eigenvalue weighted by atomic mass is 10.1. The molecule has 0 saturated carbocycles. The van der Waals surface area contributed by atoms with Gasteiger partial charge in [0.05, 0.1) is 11.1 Å². The van der Waals surface area contributed by atoms with Crippen LogP contribution in [-0.4, -0.2) is 0 Å². The lowest BCUT2D eigenvalue weighted by Crippen LogP contribution is -1.98. The second-order valence-electron chi connectivity index (χ2n) is 3.95. The summed E-state index contributed by atoms with van der Waals surface area (Å²) in [6, 6.07) is 11.3. The van der Waals surface area contributed by atoms with Crippen molar-refractivity contribution >= 4 is 33.0 Å². The molecular formula is C14H10BrN3S. The van der Waals surface area contributed by atoms with Crippen LogP contribution < -0.4 is 5.32 Å². The summed E-state index contributed by atoms with van der Waals surface area (Å²) < 4.78 is 1.12. The standard InChI is InChI=1S/C14H10BrN3S/c1-9-14(15)5-13(19-9)8-18-12-3-2-10(6-16)11(4-12)7-17/h2-5,18H,8H2,1H3. The highest BCUT2D eigenvalue weighted by Gasteiger charge is 2.05. The minimum absolute atomic E-state index is 0.399. The Balaban J connectivity index is 2.12. The largest absolute Gasteiger partial charge is 0.380 e. The maximum Gasteiger partial charge on any atom is 0.101 e. The lowest BCUT2D eigenvalue weighted by molar-refractivity contribution is 1.19. The molecule has 0 radical (unpaired) electrons. The zero-order chi connectivity index (χ0) is 13.8. The fourth-order valence-electron chi connectivity index (χ4n) is 1.64. The molecule has 5 heteroatoms. The van der Waals surface area contributed by atoms with Crippen molar-refractivity contribution in [3.63, 3.8) is 0 Å². The van der Waals surface area contributed by atoms with Crippen molar-refractivity contribution in [2.75, 3.05) is 5.32 Å². The van der Waals surface area contributed by atoms with E-state index in [4.69, 9.17) is 10.5 Å². The number of hydrogen-bond donors (Lipinski definition) is 1. The second kappa shape index (κ2) is 5.88. The molecule has 0 aliphatic rings. The van der Waals surface area contributed by atoms with E-state index in [9.17, 15) is 0 Å². The molecule has 0 atom stereocenters. The van der Waals surface area contributed by atoms with Gasteiger partial charge in [-0.3, -0.25) is 0 Å². The van der Waals surface area contributed by atoms with Crippen LogP contribution in [0, 0.1) is 29.6 Å². The van der Waals surface area contributed by atoms with Gasteiger partial charge < -0.3 is 5.32 Å². The SMILES string of the molecule is Cc1sc(CNc2ccc(C#N)c(C#N)c2)cc1Br. The molecular weight excluding hydrogens is 322 g/mol. The maximum absolute atomic E-state index is 8.97. The smallest absolute Gasteiger partial charge is 0.101 e. The predicted molar refractivity (Wildman–Crippen MR) is 80.0 cm³/mol. The Bertz CT molecular complexity index is 672. The van der Waals surface area contributed by atoms with Gasteiger partial charge in [-0.2, -0.15) is 10.5 Å². The first-order valence-corrected chi connectivity index (χ1v) is 7.18. The summed E-state index contributed by atoms with van der Waals surface area (Å²) in [5, 5.41) is 21.1. The summed E-state index contributed by atoms with van der Waals surface area (Å²) in [5.41, 5.74) is 1.65. The van der Waals surface area contributed by atoms with E-state index in [1.54, 1.807) is 23.5 Å². The third kappa shape index (κ3) is 3.14. The van der Waals surface area contributed by atoms with Gasteiger partial charge in [0.25, 0.3) is 0 Å². The van der Waals surface area contributed by atoms with Crippen LogP contribution in [0.25, 0.3) is 0 Å². The van der Waals surface area contributed by atoms with E-state index in [0.29, 0.717) is 17.7 Å². The van der Waals surface area contributed by atoms with Crippen LogP contribution in [0.2, 0.25) is 0 Å². The van der Waals surface area contributed by atoms with Crippen molar-refractivity contribution in [1.29, 1.82) is 10.5 Å². The van der Waals surface area contributed by atoms with Gasteiger partial charge in [0.2, 0.25) is 0 Å². The molecule has 0 amide bonds. The molecule has 0 aliphatic carbocycles. The number of rotatable bonds is 3.